The molecule has 4 nitrogen and oxygen atoms in total. The van der Waals surface area contributed by atoms with E-state index in [0.717, 1.165) is 0 Å². The quantitative estimate of drug-likeness (QED) is 0.509. The fraction of sp³-hybridized carbons (Fsp3) is 1.00. The van der Waals surface area contributed by atoms with E-state index < -0.39 is 34.6 Å². The maximum atomic E-state index is 12.2. The molecular weight excluding hydrogens is 233 g/mol. The summed E-state index contributed by atoms with van der Waals surface area (Å²) in [6.45, 7) is -0.952. The largest absolute Gasteiger partial charge is 0.743 e. The van der Waals surface area contributed by atoms with Crippen molar-refractivity contribution in [2.75, 3.05) is 6.61 Å². The predicted molar refractivity (Wildman–Crippen MR) is 42.8 cm³/mol. The highest BCUT2D eigenvalue weighted by molar-refractivity contribution is 7.86. The molecule has 0 saturated carbocycles. The first-order chi connectivity index (χ1) is 5.23. The molecule has 1 unspecified atom stereocenters. The van der Waals surface area contributed by atoms with Gasteiger partial charge < -0.3 is 9.66 Å². The van der Waals surface area contributed by atoms with Crippen molar-refractivity contribution < 1.29 is 31.2 Å². The lowest BCUT2D eigenvalue weighted by Crippen LogP contribution is -2.39. The smallest absolute Gasteiger partial charge is 0.364 e. The van der Waals surface area contributed by atoms with E-state index in [1.807, 2.05) is 0 Å². The molecule has 0 heterocycles. The Hall–Kier alpha value is 0.01000. The van der Waals surface area contributed by atoms with Crippen LogP contribution in [0, 0.1) is 0 Å². The molecule has 0 saturated heterocycles. The highest BCUT2D eigenvalue weighted by atomic mass is 32.2. The van der Waals surface area contributed by atoms with E-state index in [4.69, 9.17) is 5.11 Å². The van der Waals surface area contributed by atoms with Crippen LogP contribution in [0.15, 0.2) is 0 Å². The van der Waals surface area contributed by atoms with Crippen LogP contribution in [0.1, 0.15) is 6.42 Å². The molecule has 13 heavy (non-hydrogen) atoms. The Bertz CT molecular complexity index is 240. The SMILES string of the molecule is O=S(=O)([O-])C(F)(F)C(F)CCO.[SH3+]. The topological polar surface area (TPSA) is 77.4 Å². The third-order valence-corrected chi connectivity index (χ3v) is 2.00. The lowest BCUT2D eigenvalue weighted by molar-refractivity contribution is -0.0131. The molecular formula is C4H9F3O4S2. The van der Waals surface area contributed by atoms with Crippen LogP contribution in [-0.4, -0.2) is 36.1 Å². The van der Waals surface area contributed by atoms with E-state index in [0.29, 0.717) is 0 Å². The Balaban J connectivity index is 0. The minimum absolute atomic E-state index is 0. The summed E-state index contributed by atoms with van der Waals surface area (Å²) in [7, 11) is -5.99. The van der Waals surface area contributed by atoms with Crippen molar-refractivity contribution in [2.24, 2.45) is 0 Å². The molecule has 0 aliphatic carbocycles. The number of aliphatic hydroxyl groups is 1. The molecule has 0 aromatic heterocycles. The second-order valence-corrected chi connectivity index (χ2v) is 3.45. The Morgan fingerprint density at radius 1 is 1.46 bits per heavy atom. The number of hydrogen-bond acceptors (Lipinski definition) is 4. The second-order valence-electron chi connectivity index (χ2n) is 2.00. The lowest BCUT2D eigenvalue weighted by Gasteiger charge is -2.22. The van der Waals surface area contributed by atoms with E-state index in [1.54, 1.807) is 0 Å². The third kappa shape index (κ3) is 3.71. The minimum Gasteiger partial charge on any atom is -0.743 e. The third-order valence-electron chi connectivity index (χ3n) is 1.08. The van der Waals surface area contributed by atoms with E-state index in [2.05, 4.69) is 0 Å². The first-order valence-electron chi connectivity index (χ1n) is 2.81. The average Bonchev–Trinajstić information content (AvgIpc) is 1.85. The van der Waals surface area contributed by atoms with Crippen molar-refractivity contribution in [1.82, 2.24) is 0 Å². The summed E-state index contributed by atoms with van der Waals surface area (Å²) < 4.78 is 65.7. The van der Waals surface area contributed by atoms with Crippen molar-refractivity contribution in [3.8, 4) is 0 Å². The van der Waals surface area contributed by atoms with Crippen LogP contribution < -0.4 is 0 Å². The van der Waals surface area contributed by atoms with Gasteiger partial charge in [-0.15, -0.1) is 0 Å². The standard InChI is InChI=1S/C4H7F3O4S.H2S/c5-3(1-2-8)4(6,7)12(9,10)11;/h3,8H,1-2H2,(H,9,10,11);1H2. The summed E-state index contributed by atoms with van der Waals surface area (Å²) >= 11 is 0. The van der Waals surface area contributed by atoms with E-state index in [-0.39, 0.29) is 13.5 Å². The fourth-order valence-electron chi connectivity index (χ4n) is 0.438. The summed E-state index contributed by atoms with van der Waals surface area (Å²) in [5, 5.41) is 3.03. The summed E-state index contributed by atoms with van der Waals surface area (Å²) in [5.74, 6) is 0. The highest BCUT2D eigenvalue weighted by Gasteiger charge is 2.46. The molecule has 0 spiro atoms. The Morgan fingerprint density at radius 2 is 1.85 bits per heavy atom. The number of halogens is 3. The molecule has 0 aromatic carbocycles. The van der Waals surface area contributed by atoms with Crippen molar-refractivity contribution in [3.05, 3.63) is 0 Å². The predicted octanol–water partition coefficient (Wildman–Crippen LogP) is -0.961. The molecule has 0 bridgehead atoms. The van der Waals surface area contributed by atoms with Gasteiger partial charge in [-0.1, -0.05) is 13.5 Å². The highest BCUT2D eigenvalue weighted by Crippen LogP contribution is 2.28. The van der Waals surface area contributed by atoms with Crippen molar-refractivity contribution in [2.45, 2.75) is 17.8 Å². The zero-order valence-corrected chi connectivity index (χ0v) is 8.25. The molecule has 1 N–H and O–H groups in total. The van der Waals surface area contributed by atoms with Crippen LogP contribution in [0.3, 0.4) is 0 Å². The number of hydrogen-bond donors (Lipinski definition) is 1. The van der Waals surface area contributed by atoms with Gasteiger partial charge in [-0.3, -0.25) is 0 Å². The van der Waals surface area contributed by atoms with Gasteiger partial charge in [-0.2, -0.15) is 8.78 Å². The van der Waals surface area contributed by atoms with Gasteiger partial charge in [0.05, 0.1) is 0 Å². The zero-order valence-electron chi connectivity index (χ0n) is 6.28. The van der Waals surface area contributed by atoms with Crippen molar-refractivity contribution in [3.63, 3.8) is 0 Å². The first-order valence-corrected chi connectivity index (χ1v) is 4.22. The van der Waals surface area contributed by atoms with Crippen molar-refractivity contribution in [1.29, 1.82) is 0 Å². The van der Waals surface area contributed by atoms with E-state index >= 15 is 0 Å². The molecule has 0 aromatic rings. The van der Waals surface area contributed by atoms with Gasteiger partial charge in [0.1, 0.15) is 0 Å². The maximum Gasteiger partial charge on any atom is 0.364 e. The number of aliphatic hydroxyl groups excluding tert-OH is 1. The maximum absolute atomic E-state index is 12.2. The van der Waals surface area contributed by atoms with Gasteiger partial charge in [-0.25, -0.2) is 12.8 Å². The van der Waals surface area contributed by atoms with Crippen LogP contribution in [0.2, 0.25) is 0 Å². The van der Waals surface area contributed by atoms with Crippen LogP contribution in [-0.2, 0) is 23.6 Å². The minimum atomic E-state index is -5.99. The van der Waals surface area contributed by atoms with Crippen molar-refractivity contribution >= 4 is 23.6 Å². The monoisotopic (exact) mass is 242 g/mol. The number of rotatable bonds is 4. The van der Waals surface area contributed by atoms with Crippen LogP contribution in [0.5, 0.6) is 0 Å². The molecule has 0 amide bonds. The molecule has 0 fully saturated rings. The molecule has 0 rings (SSSR count). The van der Waals surface area contributed by atoms with Crippen LogP contribution >= 0.6 is 0 Å². The van der Waals surface area contributed by atoms with E-state index in [9.17, 15) is 26.1 Å². The molecule has 82 valence electrons. The summed E-state index contributed by atoms with van der Waals surface area (Å²) in [6, 6.07) is 0. The van der Waals surface area contributed by atoms with Gasteiger partial charge in [-0.05, 0) is 0 Å². The first kappa shape index (κ1) is 15.5. The van der Waals surface area contributed by atoms with Gasteiger partial charge in [0, 0.05) is 13.0 Å². The fourth-order valence-corrected chi connectivity index (χ4v) is 0.869. The summed E-state index contributed by atoms with van der Waals surface area (Å²) in [5.41, 5.74) is 0. The average molecular weight is 242 g/mol. The molecule has 1 atom stereocenters. The lowest BCUT2D eigenvalue weighted by atomic mass is 10.3. The molecule has 0 aliphatic heterocycles. The van der Waals surface area contributed by atoms with Gasteiger partial charge in [0.2, 0.25) is 0 Å². The van der Waals surface area contributed by atoms with Gasteiger partial charge in [0.15, 0.2) is 16.3 Å². The molecule has 0 aliphatic rings. The second kappa shape index (κ2) is 5.03. The van der Waals surface area contributed by atoms with Crippen LogP contribution in [0.25, 0.3) is 0 Å². The normalized spacial score (nSPS) is 14.8. The Kier molecular flexibility index (Phi) is 5.99. The van der Waals surface area contributed by atoms with E-state index in [1.165, 1.54) is 0 Å². The van der Waals surface area contributed by atoms with Gasteiger partial charge >= 0.3 is 5.25 Å². The molecule has 0 radical (unpaired) electrons. The Morgan fingerprint density at radius 3 is 2.08 bits per heavy atom. The Labute approximate surface area is 79.9 Å². The van der Waals surface area contributed by atoms with Gasteiger partial charge in [0.25, 0.3) is 0 Å². The molecule has 9 heteroatoms. The summed E-state index contributed by atoms with van der Waals surface area (Å²) in [4.78, 5) is 0. The number of alkyl halides is 3. The summed E-state index contributed by atoms with van der Waals surface area (Å²) in [6.07, 6.45) is -4.25. The zero-order chi connectivity index (χ0) is 9.99. The van der Waals surface area contributed by atoms with Crippen LogP contribution in [0.4, 0.5) is 13.2 Å².